The molecule has 0 spiro atoms. The molecule has 1 saturated heterocycles. The molecule has 2 aromatic heterocycles. The molecule has 11 heteroatoms. The van der Waals surface area contributed by atoms with E-state index >= 15 is 0 Å². The second-order valence-electron chi connectivity index (χ2n) is 8.21. The Labute approximate surface area is 194 Å². The number of para-hydroxylation sites is 1. The number of carbonyl (C=O) groups excluding carboxylic acids is 1. The Bertz CT molecular complexity index is 1150. The van der Waals surface area contributed by atoms with Gasteiger partial charge in [-0.05, 0) is 44.9 Å². The first kappa shape index (κ1) is 23.7. The highest BCUT2D eigenvalue weighted by molar-refractivity contribution is 5.98. The van der Waals surface area contributed by atoms with E-state index in [0.29, 0.717) is 24.1 Å². The zero-order valence-electron chi connectivity index (χ0n) is 18.6. The van der Waals surface area contributed by atoms with Crippen LogP contribution in [0.3, 0.4) is 0 Å². The molecule has 0 bridgehead atoms. The lowest BCUT2D eigenvalue weighted by Crippen LogP contribution is -2.49. The summed E-state index contributed by atoms with van der Waals surface area (Å²) in [5.41, 5.74) is -0.497. The molecule has 1 aliphatic heterocycles. The van der Waals surface area contributed by atoms with Crippen molar-refractivity contribution in [3.63, 3.8) is 0 Å². The van der Waals surface area contributed by atoms with Gasteiger partial charge in [-0.2, -0.15) is 28.2 Å². The van der Waals surface area contributed by atoms with Gasteiger partial charge in [0.25, 0.3) is 5.91 Å². The molecule has 4 rings (SSSR count). The smallest absolute Gasteiger partial charge is 0.417 e. The molecule has 0 saturated carbocycles. The van der Waals surface area contributed by atoms with Gasteiger partial charge >= 0.3 is 6.18 Å². The van der Waals surface area contributed by atoms with Crippen molar-refractivity contribution in [2.45, 2.75) is 51.1 Å². The summed E-state index contributed by atoms with van der Waals surface area (Å²) < 4.78 is 46.3. The van der Waals surface area contributed by atoms with E-state index < -0.39 is 29.5 Å². The molecule has 180 valence electrons. The van der Waals surface area contributed by atoms with E-state index in [1.807, 2.05) is 6.92 Å². The van der Waals surface area contributed by atoms with Crippen LogP contribution in [0.5, 0.6) is 5.88 Å². The normalized spacial score (nSPS) is 19.6. The van der Waals surface area contributed by atoms with Gasteiger partial charge < -0.3 is 14.7 Å². The summed E-state index contributed by atoms with van der Waals surface area (Å²) in [6.07, 6.45) is -1.57. The summed E-state index contributed by atoms with van der Waals surface area (Å²) in [6, 6.07) is 7.63. The van der Waals surface area contributed by atoms with Crippen molar-refractivity contribution in [1.82, 2.24) is 24.9 Å². The molecule has 1 N–H and O–H groups in total. The SMILES string of the molecule is CC(O)c1c(C(F)(F)F)ccnc1O[C@@H]1CC[C@@H](C)N(C(=O)c2ccccc2-n2nccn2)C1. The van der Waals surface area contributed by atoms with Gasteiger partial charge in [-0.3, -0.25) is 4.79 Å². The maximum atomic E-state index is 13.5. The minimum Gasteiger partial charge on any atom is -0.472 e. The predicted molar refractivity (Wildman–Crippen MR) is 115 cm³/mol. The summed E-state index contributed by atoms with van der Waals surface area (Å²) in [5, 5.41) is 18.2. The number of rotatable bonds is 5. The molecule has 3 atom stereocenters. The van der Waals surface area contributed by atoms with Crippen LogP contribution >= 0.6 is 0 Å². The van der Waals surface area contributed by atoms with Crippen molar-refractivity contribution in [2.24, 2.45) is 0 Å². The second-order valence-corrected chi connectivity index (χ2v) is 8.21. The number of ether oxygens (including phenoxy) is 1. The third-order valence-corrected chi connectivity index (χ3v) is 5.82. The lowest BCUT2D eigenvalue weighted by atomic mass is 9.99. The topological polar surface area (TPSA) is 93.4 Å². The quantitative estimate of drug-likeness (QED) is 0.603. The number of hydrogen-bond donors (Lipinski definition) is 1. The van der Waals surface area contributed by atoms with Gasteiger partial charge in [0.2, 0.25) is 5.88 Å². The summed E-state index contributed by atoms with van der Waals surface area (Å²) in [6.45, 7) is 3.29. The average molecular weight is 475 g/mol. The predicted octanol–water partition coefficient (Wildman–Crippen LogP) is 3.81. The zero-order valence-corrected chi connectivity index (χ0v) is 18.6. The van der Waals surface area contributed by atoms with E-state index in [1.54, 1.807) is 29.2 Å². The fourth-order valence-electron chi connectivity index (χ4n) is 4.13. The average Bonchev–Trinajstić information content (AvgIpc) is 3.34. The lowest BCUT2D eigenvalue weighted by molar-refractivity contribution is -0.139. The van der Waals surface area contributed by atoms with Gasteiger partial charge in [-0.15, -0.1) is 0 Å². The van der Waals surface area contributed by atoms with Gasteiger partial charge in [0.05, 0.1) is 47.4 Å². The van der Waals surface area contributed by atoms with Gasteiger partial charge in [-0.25, -0.2) is 4.98 Å². The van der Waals surface area contributed by atoms with E-state index in [1.165, 1.54) is 24.1 Å². The molecule has 3 heterocycles. The second kappa shape index (κ2) is 9.41. The number of likely N-dealkylation sites (tertiary alicyclic amines) is 1. The highest BCUT2D eigenvalue weighted by Gasteiger charge is 2.38. The van der Waals surface area contributed by atoms with Crippen LogP contribution in [0.1, 0.15) is 54.3 Å². The number of piperidine rings is 1. The molecule has 34 heavy (non-hydrogen) atoms. The number of hydrogen-bond acceptors (Lipinski definition) is 6. The number of halogens is 3. The minimum absolute atomic E-state index is 0.114. The Balaban J connectivity index is 1.60. The summed E-state index contributed by atoms with van der Waals surface area (Å²) in [4.78, 5) is 20.4. The molecule has 1 aliphatic rings. The van der Waals surface area contributed by atoms with Crippen LogP contribution in [-0.2, 0) is 6.18 Å². The first-order chi connectivity index (χ1) is 16.2. The van der Waals surface area contributed by atoms with Gasteiger partial charge in [0.15, 0.2) is 0 Å². The number of carbonyl (C=O) groups is 1. The molecular formula is C23H24F3N5O3. The third kappa shape index (κ3) is 4.74. The van der Waals surface area contributed by atoms with Crippen LogP contribution < -0.4 is 4.74 Å². The van der Waals surface area contributed by atoms with E-state index in [-0.39, 0.29) is 24.4 Å². The number of pyridine rings is 1. The highest BCUT2D eigenvalue weighted by Crippen LogP contribution is 2.39. The Morgan fingerprint density at radius 2 is 1.85 bits per heavy atom. The minimum atomic E-state index is -4.67. The van der Waals surface area contributed by atoms with Gasteiger partial charge in [0, 0.05) is 12.2 Å². The maximum Gasteiger partial charge on any atom is 0.417 e. The number of amides is 1. The van der Waals surface area contributed by atoms with Crippen LogP contribution in [0, 0.1) is 0 Å². The van der Waals surface area contributed by atoms with Crippen LogP contribution in [0.15, 0.2) is 48.9 Å². The largest absolute Gasteiger partial charge is 0.472 e. The van der Waals surface area contributed by atoms with Crippen molar-refractivity contribution in [1.29, 1.82) is 0 Å². The van der Waals surface area contributed by atoms with Crippen LogP contribution in [0.2, 0.25) is 0 Å². The van der Waals surface area contributed by atoms with Crippen LogP contribution in [0.25, 0.3) is 5.69 Å². The van der Waals surface area contributed by atoms with Gasteiger partial charge in [0.1, 0.15) is 6.10 Å². The van der Waals surface area contributed by atoms with Crippen molar-refractivity contribution in [3.05, 3.63) is 65.6 Å². The van der Waals surface area contributed by atoms with E-state index in [9.17, 15) is 23.1 Å². The van der Waals surface area contributed by atoms with E-state index in [2.05, 4.69) is 15.2 Å². The Kier molecular flexibility index (Phi) is 6.56. The zero-order chi connectivity index (χ0) is 24.5. The van der Waals surface area contributed by atoms with Crippen molar-refractivity contribution in [3.8, 4) is 11.6 Å². The molecule has 1 unspecified atom stereocenters. The number of aliphatic hydroxyl groups excluding tert-OH is 1. The molecule has 8 nitrogen and oxygen atoms in total. The van der Waals surface area contributed by atoms with Crippen molar-refractivity contribution < 1.29 is 27.8 Å². The van der Waals surface area contributed by atoms with E-state index in [0.717, 1.165) is 12.3 Å². The number of aromatic nitrogens is 4. The number of nitrogens with zero attached hydrogens (tertiary/aromatic N) is 5. The Morgan fingerprint density at radius 3 is 2.53 bits per heavy atom. The maximum absolute atomic E-state index is 13.5. The fourth-order valence-corrected chi connectivity index (χ4v) is 4.13. The van der Waals surface area contributed by atoms with Crippen LogP contribution in [-0.4, -0.2) is 54.6 Å². The molecule has 1 fully saturated rings. The first-order valence-electron chi connectivity index (χ1n) is 10.8. The molecule has 0 radical (unpaired) electrons. The first-order valence-corrected chi connectivity index (χ1v) is 10.8. The summed E-state index contributed by atoms with van der Waals surface area (Å²) in [5.74, 6) is -0.542. The molecule has 1 aromatic carbocycles. The number of aliphatic hydroxyl groups is 1. The van der Waals surface area contributed by atoms with Gasteiger partial charge in [-0.1, -0.05) is 12.1 Å². The summed E-state index contributed by atoms with van der Waals surface area (Å²) in [7, 11) is 0. The molecule has 3 aromatic rings. The highest BCUT2D eigenvalue weighted by atomic mass is 19.4. The molecule has 1 amide bonds. The van der Waals surface area contributed by atoms with E-state index in [4.69, 9.17) is 4.74 Å². The summed E-state index contributed by atoms with van der Waals surface area (Å²) >= 11 is 0. The lowest BCUT2D eigenvalue weighted by Gasteiger charge is -2.38. The fraction of sp³-hybridized carbons (Fsp3) is 0.391. The number of benzene rings is 1. The van der Waals surface area contributed by atoms with Crippen molar-refractivity contribution >= 4 is 5.91 Å². The number of alkyl halides is 3. The molecular weight excluding hydrogens is 451 g/mol. The monoisotopic (exact) mass is 475 g/mol. The molecule has 0 aliphatic carbocycles. The standard InChI is InChI=1S/C23H24F3N5O3/c1-14-7-8-16(34-21-20(15(2)32)18(9-10-27-21)23(24,25)26)13-30(14)22(33)17-5-3-4-6-19(17)31-28-11-12-29-31/h3-6,9-12,14-16,32H,7-8,13H2,1-2H3/t14-,15?,16-/m1/s1. The Morgan fingerprint density at radius 1 is 1.15 bits per heavy atom. The van der Waals surface area contributed by atoms with Crippen molar-refractivity contribution in [2.75, 3.05) is 6.54 Å². The van der Waals surface area contributed by atoms with Crippen LogP contribution in [0.4, 0.5) is 13.2 Å². The Hall–Kier alpha value is -3.47. The third-order valence-electron chi connectivity index (χ3n) is 5.82.